The van der Waals surface area contributed by atoms with E-state index in [1.807, 2.05) is 13.0 Å². The highest BCUT2D eigenvalue weighted by Crippen LogP contribution is 1.99. The summed E-state index contributed by atoms with van der Waals surface area (Å²) in [4.78, 5) is 0. The van der Waals surface area contributed by atoms with Crippen LogP contribution in [0.3, 0.4) is 0 Å². The summed E-state index contributed by atoms with van der Waals surface area (Å²) in [5.41, 5.74) is 0.454. The fourth-order valence-corrected chi connectivity index (χ4v) is 0.249. The Kier molecular flexibility index (Phi) is 3.08. The highest BCUT2D eigenvalue weighted by atomic mass is 31.0. The standard InChI is InChI=1S/C4H8NP/c1-4(6)2-3-5/h4H,2,6H2,1H3. The zero-order valence-corrected chi connectivity index (χ0v) is 4.96. The maximum absolute atomic E-state index is 7.97. The second kappa shape index (κ2) is 3.12. The highest BCUT2D eigenvalue weighted by Gasteiger charge is 1.85. The molecule has 0 saturated heterocycles. The molecule has 0 bridgehead atoms. The van der Waals surface area contributed by atoms with Crippen molar-refractivity contribution >= 4 is 9.24 Å². The summed E-state index contributed by atoms with van der Waals surface area (Å²) < 4.78 is 0. The molecule has 0 aliphatic heterocycles. The molecule has 34 valence electrons. The van der Waals surface area contributed by atoms with E-state index in [1.165, 1.54) is 0 Å². The van der Waals surface area contributed by atoms with Crippen molar-refractivity contribution < 1.29 is 0 Å². The van der Waals surface area contributed by atoms with Gasteiger partial charge in [-0.05, 0) is 5.66 Å². The predicted octanol–water partition coefficient (Wildman–Crippen LogP) is 1.16. The fourth-order valence-electron chi connectivity index (χ4n) is 0.144. The van der Waals surface area contributed by atoms with Crippen LogP contribution in [0.4, 0.5) is 0 Å². The Morgan fingerprint density at radius 1 is 2.00 bits per heavy atom. The van der Waals surface area contributed by atoms with Crippen LogP contribution < -0.4 is 0 Å². The molecule has 2 unspecified atom stereocenters. The first-order valence-corrected chi connectivity index (χ1v) is 2.56. The average Bonchev–Trinajstić information content (AvgIpc) is 1.35. The lowest BCUT2D eigenvalue weighted by molar-refractivity contribution is 0.993. The molecule has 0 aliphatic rings. The Balaban J connectivity index is 2.88. The van der Waals surface area contributed by atoms with Gasteiger partial charge in [0.1, 0.15) is 0 Å². The number of nitriles is 1. The molecule has 0 aromatic carbocycles. The molecule has 1 nitrogen and oxygen atoms in total. The summed E-state index contributed by atoms with van der Waals surface area (Å²) in [6.45, 7) is 1.99. The molecule has 0 fully saturated rings. The van der Waals surface area contributed by atoms with Gasteiger partial charge in [-0.25, -0.2) is 0 Å². The van der Waals surface area contributed by atoms with Crippen LogP contribution in [-0.4, -0.2) is 5.66 Å². The minimum atomic E-state index is 0.454. The summed E-state index contributed by atoms with van der Waals surface area (Å²) in [5.74, 6) is 0. The van der Waals surface area contributed by atoms with E-state index in [0.717, 1.165) is 0 Å². The topological polar surface area (TPSA) is 23.8 Å². The summed E-state index contributed by atoms with van der Waals surface area (Å²) >= 11 is 0. The predicted molar refractivity (Wildman–Crippen MR) is 29.4 cm³/mol. The molecule has 0 spiro atoms. The van der Waals surface area contributed by atoms with Crippen LogP contribution in [0.2, 0.25) is 0 Å². The smallest absolute Gasteiger partial charge is 0.0628 e. The molecule has 6 heavy (non-hydrogen) atoms. The lowest BCUT2D eigenvalue weighted by Gasteiger charge is -1.88. The zero-order valence-electron chi connectivity index (χ0n) is 3.81. The third-order valence-electron chi connectivity index (χ3n) is 0.413. The molecule has 0 heterocycles. The lowest BCUT2D eigenvalue weighted by atomic mass is 10.4. The molecule has 0 aliphatic carbocycles. The van der Waals surface area contributed by atoms with Gasteiger partial charge in [-0.3, -0.25) is 0 Å². The van der Waals surface area contributed by atoms with Gasteiger partial charge in [-0.15, -0.1) is 9.24 Å². The normalized spacial score (nSPS) is 12.8. The molecule has 2 heteroatoms. The van der Waals surface area contributed by atoms with Gasteiger partial charge in [0.2, 0.25) is 0 Å². The van der Waals surface area contributed by atoms with E-state index in [2.05, 4.69) is 9.24 Å². The summed E-state index contributed by atoms with van der Waals surface area (Å²) in [5, 5.41) is 7.97. The van der Waals surface area contributed by atoms with E-state index < -0.39 is 0 Å². The minimum Gasteiger partial charge on any atom is -0.198 e. The average molecular weight is 101 g/mol. The Labute approximate surface area is 40.6 Å². The Morgan fingerprint density at radius 3 is 2.50 bits per heavy atom. The van der Waals surface area contributed by atoms with Gasteiger partial charge in [0, 0.05) is 6.42 Å². The van der Waals surface area contributed by atoms with Crippen LogP contribution in [0.5, 0.6) is 0 Å². The van der Waals surface area contributed by atoms with E-state index in [0.29, 0.717) is 12.1 Å². The summed E-state index contributed by atoms with van der Waals surface area (Å²) in [7, 11) is 2.56. The third-order valence-corrected chi connectivity index (χ3v) is 0.649. The molecule has 0 aromatic heterocycles. The fraction of sp³-hybridized carbons (Fsp3) is 0.750. The summed E-state index contributed by atoms with van der Waals surface area (Å²) in [6, 6.07) is 2.05. The Hall–Kier alpha value is -0.0800. The molecule has 0 radical (unpaired) electrons. The maximum Gasteiger partial charge on any atom is 0.0628 e. The second-order valence-electron chi connectivity index (χ2n) is 1.34. The van der Waals surface area contributed by atoms with E-state index in [4.69, 9.17) is 5.26 Å². The first kappa shape index (κ1) is 5.92. The van der Waals surface area contributed by atoms with Crippen molar-refractivity contribution in [3.8, 4) is 6.07 Å². The van der Waals surface area contributed by atoms with E-state index >= 15 is 0 Å². The Morgan fingerprint density at radius 2 is 2.50 bits per heavy atom. The van der Waals surface area contributed by atoms with Crippen LogP contribution in [0.1, 0.15) is 13.3 Å². The second-order valence-corrected chi connectivity index (χ2v) is 2.48. The largest absolute Gasteiger partial charge is 0.198 e. The van der Waals surface area contributed by atoms with Gasteiger partial charge in [-0.2, -0.15) is 5.26 Å². The third kappa shape index (κ3) is 3.92. The van der Waals surface area contributed by atoms with Gasteiger partial charge in [0.05, 0.1) is 6.07 Å². The van der Waals surface area contributed by atoms with Crippen LogP contribution in [-0.2, 0) is 0 Å². The quantitative estimate of drug-likeness (QED) is 0.455. The number of hydrogen-bond donors (Lipinski definition) is 0. The zero-order chi connectivity index (χ0) is 4.99. The van der Waals surface area contributed by atoms with Gasteiger partial charge >= 0.3 is 0 Å². The molecule has 0 aromatic rings. The van der Waals surface area contributed by atoms with Crippen molar-refractivity contribution in [2.75, 3.05) is 0 Å². The van der Waals surface area contributed by atoms with Crippen molar-refractivity contribution in [1.29, 1.82) is 5.26 Å². The van der Waals surface area contributed by atoms with Crippen molar-refractivity contribution in [1.82, 2.24) is 0 Å². The molecule has 0 N–H and O–H groups in total. The lowest BCUT2D eigenvalue weighted by Crippen LogP contribution is -1.82. The molecule has 0 saturated carbocycles. The van der Waals surface area contributed by atoms with Crippen molar-refractivity contribution in [3.63, 3.8) is 0 Å². The van der Waals surface area contributed by atoms with Gasteiger partial charge in [-0.1, -0.05) is 6.92 Å². The van der Waals surface area contributed by atoms with Gasteiger partial charge < -0.3 is 0 Å². The maximum atomic E-state index is 7.97. The van der Waals surface area contributed by atoms with Crippen molar-refractivity contribution in [2.45, 2.75) is 19.0 Å². The van der Waals surface area contributed by atoms with Crippen LogP contribution >= 0.6 is 9.24 Å². The number of nitrogens with zero attached hydrogens (tertiary/aromatic N) is 1. The number of rotatable bonds is 1. The SMILES string of the molecule is CC(P)CC#N. The van der Waals surface area contributed by atoms with Gasteiger partial charge in [0.25, 0.3) is 0 Å². The van der Waals surface area contributed by atoms with Crippen LogP contribution in [0.15, 0.2) is 0 Å². The molecular weight excluding hydrogens is 93.0 g/mol. The monoisotopic (exact) mass is 101 g/mol. The minimum absolute atomic E-state index is 0.454. The van der Waals surface area contributed by atoms with E-state index in [-0.39, 0.29) is 0 Å². The van der Waals surface area contributed by atoms with E-state index in [1.54, 1.807) is 0 Å². The summed E-state index contributed by atoms with van der Waals surface area (Å²) in [6.07, 6.45) is 0.644. The van der Waals surface area contributed by atoms with Crippen LogP contribution in [0, 0.1) is 11.3 Å². The molecular formula is C4H8NP. The first-order chi connectivity index (χ1) is 2.77. The molecule has 0 rings (SSSR count). The Bertz CT molecular complexity index is 62.4. The van der Waals surface area contributed by atoms with E-state index in [9.17, 15) is 0 Å². The van der Waals surface area contributed by atoms with Crippen molar-refractivity contribution in [3.05, 3.63) is 0 Å². The number of hydrogen-bond acceptors (Lipinski definition) is 1. The van der Waals surface area contributed by atoms with Crippen LogP contribution in [0.25, 0.3) is 0 Å². The first-order valence-electron chi connectivity index (χ1n) is 1.90. The highest BCUT2D eigenvalue weighted by molar-refractivity contribution is 7.17. The molecule has 2 atom stereocenters. The van der Waals surface area contributed by atoms with Gasteiger partial charge in [0.15, 0.2) is 0 Å². The molecule has 0 amide bonds. The van der Waals surface area contributed by atoms with Crippen molar-refractivity contribution in [2.24, 2.45) is 0 Å².